The molecule has 20 heavy (non-hydrogen) atoms. The van der Waals surface area contributed by atoms with Gasteiger partial charge in [-0.2, -0.15) is 0 Å². The zero-order valence-electron chi connectivity index (χ0n) is 11.2. The van der Waals surface area contributed by atoms with Crippen LogP contribution in [-0.2, 0) is 14.3 Å². The van der Waals surface area contributed by atoms with Crippen molar-refractivity contribution in [3.63, 3.8) is 0 Å². The summed E-state index contributed by atoms with van der Waals surface area (Å²) in [4.78, 5) is 24.3. The van der Waals surface area contributed by atoms with E-state index in [0.717, 1.165) is 5.56 Å². The SMILES string of the molecule is CCOC(=O)CN(C)C(=O)C=Cc1ccc(Cl)c(Cl)c1. The fraction of sp³-hybridized carbons (Fsp3) is 0.286. The quantitative estimate of drug-likeness (QED) is 0.620. The minimum Gasteiger partial charge on any atom is -0.465 e. The largest absolute Gasteiger partial charge is 0.465 e. The summed E-state index contributed by atoms with van der Waals surface area (Å²) in [5.41, 5.74) is 0.747. The lowest BCUT2D eigenvalue weighted by Crippen LogP contribution is -2.31. The molecule has 0 radical (unpaired) electrons. The van der Waals surface area contributed by atoms with Crippen molar-refractivity contribution >= 4 is 41.2 Å². The minimum absolute atomic E-state index is 0.0849. The first-order valence-corrected chi connectivity index (χ1v) is 6.73. The van der Waals surface area contributed by atoms with Gasteiger partial charge >= 0.3 is 5.97 Å². The Hall–Kier alpha value is -1.52. The first-order chi connectivity index (χ1) is 9.43. The Morgan fingerprint density at radius 2 is 2.00 bits per heavy atom. The molecule has 6 heteroatoms. The van der Waals surface area contributed by atoms with E-state index in [1.165, 1.54) is 18.0 Å². The molecule has 0 saturated heterocycles. The van der Waals surface area contributed by atoms with Crippen molar-refractivity contribution in [1.82, 2.24) is 4.90 Å². The molecule has 1 amide bonds. The molecule has 0 saturated carbocycles. The highest BCUT2D eigenvalue weighted by Crippen LogP contribution is 2.23. The number of benzene rings is 1. The Balaban J connectivity index is 2.62. The summed E-state index contributed by atoms with van der Waals surface area (Å²) >= 11 is 11.7. The number of likely N-dealkylation sites (N-methyl/N-ethyl adjacent to an activating group) is 1. The zero-order valence-corrected chi connectivity index (χ0v) is 12.7. The molecule has 0 aromatic heterocycles. The number of amides is 1. The van der Waals surface area contributed by atoms with Crippen molar-refractivity contribution in [1.29, 1.82) is 0 Å². The van der Waals surface area contributed by atoms with E-state index in [-0.39, 0.29) is 12.5 Å². The van der Waals surface area contributed by atoms with E-state index < -0.39 is 5.97 Å². The number of carbonyl (C=O) groups is 2. The summed E-state index contributed by atoms with van der Waals surface area (Å²) in [6.07, 6.45) is 2.96. The van der Waals surface area contributed by atoms with E-state index in [9.17, 15) is 9.59 Å². The highest BCUT2D eigenvalue weighted by atomic mass is 35.5. The van der Waals surface area contributed by atoms with Crippen LogP contribution in [0.1, 0.15) is 12.5 Å². The van der Waals surface area contributed by atoms with Gasteiger partial charge < -0.3 is 9.64 Å². The predicted molar refractivity (Wildman–Crippen MR) is 79.8 cm³/mol. The first-order valence-electron chi connectivity index (χ1n) is 5.98. The molecule has 0 spiro atoms. The number of carbonyl (C=O) groups excluding carboxylic acids is 2. The second-order valence-corrected chi connectivity index (χ2v) is 4.82. The van der Waals surface area contributed by atoms with E-state index in [2.05, 4.69) is 0 Å². The molecule has 1 aromatic rings. The van der Waals surface area contributed by atoms with Crippen LogP contribution in [-0.4, -0.2) is 37.0 Å². The van der Waals surface area contributed by atoms with Gasteiger partial charge in [-0.1, -0.05) is 29.3 Å². The second kappa shape index (κ2) is 7.92. The third-order valence-corrected chi connectivity index (χ3v) is 3.15. The van der Waals surface area contributed by atoms with Crippen LogP contribution in [0.4, 0.5) is 0 Å². The van der Waals surface area contributed by atoms with E-state index >= 15 is 0 Å². The Bertz CT molecular complexity index is 529. The highest BCUT2D eigenvalue weighted by molar-refractivity contribution is 6.42. The molecule has 0 aliphatic carbocycles. The molecule has 0 aliphatic rings. The molecule has 0 unspecified atom stereocenters. The van der Waals surface area contributed by atoms with Gasteiger partial charge in [0.2, 0.25) is 5.91 Å². The molecule has 0 fully saturated rings. The molecular weight excluding hydrogens is 301 g/mol. The van der Waals surface area contributed by atoms with Gasteiger partial charge in [-0.25, -0.2) is 0 Å². The Morgan fingerprint density at radius 3 is 2.60 bits per heavy atom. The van der Waals surface area contributed by atoms with Crippen molar-refractivity contribution < 1.29 is 14.3 Å². The molecule has 0 heterocycles. The number of ether oxygens (including phenoxy) is 1. The molecule has 4 nitrogen and oxygen atoms in total. The fourth-order valence-corrected chi connectivity index (χ4v) is 1.70. The van der Waals surface area contributed by atoms with Crippen LogP contribution in [0.15, 0.2) is 24.3 Å². The third kappa shape index (κ3) is 5.23. The van der Waals surface area contributed by atoms with Crippen molar-refractivity contribution in [2.45, 2.75) is 6.92 Å². The van der Waals surface area contributed by atoms with Crippen molar-refractivity contribution in [3.8, 4) is 0 Å². The topological polar surface area (TPSA) is 46.6 Å². The van der Waals surface area contributed by atoms with Crippen molar-refractivity contribution in [2.75, 3.05) is 20.2 Å². The molecule has 1 rings (SSSR count). The van der Waals surface area contributed by atoms with Crippen molar-refractivity contribution in [2.24, 2.45) is 0 Å². The predicted octanol–water partition coefficient (Wildman–Crippen LogP) is 3.03. The number of nitrogens with zero attached hydrogens (tertiary/aromatic N) is 1. The maximum atomic E-state index is 11.8. The van der Waals surface area contributed by atoms with Crippen LogP contribution in [0.25, 0.3) is 6.08 Å². The lowest BCUT2D eigenvalue weighted by Gasteiger charge is -2.13. The first kappa shape index (κ1) is 16.5. The highest BCUT2D eigenvalue weighted by Gasteiger charge is 2.10. The van der Waals surface area contributed by atoms with Crippen LogP contribution in [0.2, 0.25) is 10.0 Å². The zero-order chi connectivity index (χ0) is 15.1. The lowest BCUT2D eigenvalue weighted by molar-refractivity contribution is -0.146. The van der Waals surface area contributed by atoms with E-state index in [1.807, 2.05) is 0 Å². The van der Waals surface area contributed by atoms with Gasteiger partial charge in [-0.15, -0.1) is 0 Å². The molecule has 1 aromatic carbocycles. The van der Waals surface area contributed by atoms with Gasteiger partial charge in [0.25, 0.3) is 0 Å². The molecule has 0 atom stereocenters. The number of rotatable bonds is 5. The summed E-state index contributed by atoms with van der Waals surface area (Å²) in [7, 11) is 1.53. The molecule has 108 valence electrons. The summed E-state index contributed by atoms with van der Waals surface area (Å²) in [5.74, 6) is -0.740. The molecule has 0 bridgehead atoms. The van der Waals surface area contributed by atoms with Crippen LogP contribution >= 0.6 is 23.2 Å². The van der Waals surface area contributed by atoms with Gasteiger partial charge in [0, 0.05) is 13.1 Å². The van der Waals surface area contributed by atoms with Crippen LogP contribution in [0.5, 0.6) is 0 Å². The van der Waals surface area contributed by atoms with E-state index in [4.69, 9.17) is 27.9 Å². The maximum Gasteiger partial charge on any atom is 0.325 e. The summed E-state index contributed by atoms with van der Waals surface area (Å²) < 4.78 is 4.77. The van der Waals surface area contributed by atoms with Gasteiger partial charge in [0.1, 0.15) is 6.54 Å². The van der Waals surface area contributed by atoms with Crippen LogP contribution in [0, 0.1) is 0 Å². The summed E-state index contributed by atoms with van der Waals surface area (Å²) in [6, 6.07) is 5.04. The van der Waals surface area contributed by atoms with Crippen molar-refractivity contribution in [3.05, 3.63) is 39.9 Å². The monoisotopic (exact) mass is 315 g/mol. The van der Waals surface area contributed by atoms with Gasteiger partial charge in [-0.05, 0) is 30.7 Å². The smallest absolute Gasteiger partial charge is 0.325 e. The number of esters is 1. The van der Waals surface area contributed by atoms with E-state index in [1.54, 1.807) is 31.2 Å². The average Bonchev–Trinajstić information content (AvgIpc) is 2.39. The fourth-order valence-electron chi connectivity index (χ4n) is 1.39. The van der Waals surface area contributed by atoms with E-state index in [0.29, 0.717) is 16.7 Å². The van der Waals surface area contributed by atoms with Gasteiger partial charge in [0.15, 0.2) is 0 Å². The minimum atomic E-state index is -0.439. The van der Waals surface area contributed by atoms with Crippen LogP contribution < -0.4 is 0 Å². The third-order valence-electron chi connectivity index (χ3n) is 2.41. The number of hydrogen-bond donors (Lipinski definition) is 0. The second-order valence-electron chi connectivity index (χ2n) is 4.01. The number of halogens is 2. The van der Waals surface area contributed by atoms with Crippen LogP contribution in [0.3, 0.4) is 0 Å². The number of hydrogen-bond acceptors (Lipinski definition) is 3. The molecule has 0 aliphatic heterocycles. The molecule has 0 N–H and O–H groups in total. The lowest BCUT2D eigenvalue weighted by atomic mass is 10.2. The Labute approximate surface area is 127 Å². The average molecular weight is 316 g/mol. The van der Waals surface area contributed by atoms with Gasteiger partial charge in [0.05, 0.1) is 16.7 Å². The molecular formula is C14H15Cl2NO3. The maximum absolute atomic E-state index is 11.8. The Kier molecular flexibility index (Phi) is 6.55. The standard InChI is InChI=1S/C14H15Cl2NO3/c1-3-20-14(19)9-17(2)13(18)7-5-10-4-6-11(15)12(16)8-10/h4-8H,3,9H2,1-2H3. The summed E-state index contributed by atoms with van der Waals surface area (Å²) in [5, 5.41) is 0.871. The Morgan fingerprint density at radius 1 is 1.30 bits per heavy atom. The summed E-state index contributed by atoms with van der Waals surface area (Å²) in [6.45, 7) is 1.92. The van der Waals surface area contributed by atoms with Gasteiger partial charge in [-0.3, -0.25) is 9.59 Å². The normalized spacial score (nSPS) is 10.6.